The van der Waals surface area contributed by atoms with Crippen molar-refractivity contribution in [1.29, 1.82) is 0 Å². The summed E-state index contributed by atoms with van der Waals surface area (Å²) < 4.78 is 8.43. The molecule has 0 bridgehead atoms. The molecule has 0 amide bonds. The fourth-order valence-corrected chi connectivity index (χ4v) is 2.05. The number of hydrogen-bond donors (Lipinski definition) is 1. The van der Waals surface area contributed by atoms with Gasteiger partial charge in [-0.2, -0.15) is 5.10 Å². The number of aromatic nitrogens is 4. The van der Waals surface area contributed by atoms with E-state index in [0.29, 0.717) is 17.9 Å². The molecule has 2 heterocycles. The summed E-state index contributed by atoms with van der Waals surface area (Å²) in [5.41, 5.74) is 0.905. The van der Waals surface area contributed by atoms with Gasteiger partial charge in [-0.1, -0.05) is 0 Å². The summed E-state index contributed by atoms with van der Waals surface area (Å²) >= 11 is 8.56. The zero-order valence-electron chi connectivity index (χ0n) is 9.18. The van der Waals surface area contributed by atoms with Crippen molar-refractivity contribution in [2.24, 2.45) is 0 Å². The number of hydrogen-bond acceptors (Lipinski definition) is 4. The van der Waals surface area contributed by atoms with Crippen LogP contribution in [0.3, 0.4) is 0 Å². The third kappa shape index (κ3) is 2.80. The zero-order chi connectivity index (χ0) is 12.3. The molecule has 1 N–H and O–H groups in total. The topological polar surface area (TPSA) is 55.7 Å². The van der Waals surface area contributed by atoms with E-state index in [1.807, 2.05) is 10.6 Å². The van der Waals surface area contributed by atoms with Crippen molar-refractivity contribution in [3.05, 3.63) is 27.7 Å². The lowest BCUT2D eigenvalue weighted by Crippen LogP contribution is -2.06. The van der Waals surface area contributed by atoms with Crippen LogP contribution in [-0.2, 0) is 11.3 Å². The summed E-state index contributed by atoms with van der Waals surface area (Å²) in [7, 11) is 1.66. The lowest BCUT2D eigenvalue weighted by atomic mass is 10.3. The molecule has 0 aliphatic heterocycles. The van der Waals surface area contributed by atoms with Gasteiger partial charge in [0.1, 0.15) is 0 Å². The van der Waals surface area contributed by atoms with Gasteiger partial charge in [-0.05, 0) is 34.2 Å². The predicted molar refractivity (Wildman–Crippen MR) is 70.2 cm³/mol. The SMILES string of the molecule is COCCn1c(-c2cncc(Br)c2)n[nH]c1=S. The summed E-state index contributed by atoms with van der Waals surface area (Å²) in [6.07, 6.45) is 3.48. The van der Waals surface area contributed by atoms with Crippen molar-refractivity contribution in [3.8, 4) is 11.4 Å². The summed E-state index contributed by atoms with van der Waals surface area (Å²) in [6, 6.07) is 1.95. The van der Waals surface area contributed by atoms with Gasteiger partial charge in [0.25, 0.3) is 0 Å². The molecule has 0 saturated carbocycles. The minimum atomic E-state index is 0.581. The molecule has 2 aromatic heterocycles. The van der Waals surface area contributed by atoms with Crippen LogP contribution in [0, 0.1) is 4.77 Å². The molecular formula is C10H11BrN4OS. The van der Waals surface area contributed by atoms with Crippen molar-refractivity contribution in [3.63, 3.8) is 0 Å². The Labute approximate surface area is 112 Å². The summed E-state index contributed by atoms with van der Waals surface area (Å²) in [5, 5.41) is 6.99. The molecule has 2 aromatic rings. The molecule has 0 spiro atoms. The Balaban J connectivity index is 2.42. The van der Waals surface area contributed by atoms with Gasteiger partial charge in [0.2, 0.25) is 0 Å². The zero-order valence-corrected chi connectivity index (χ0v) is 11.6. The molecule has 0 aromatic carbocycles. The highest BCUT2D eigenvalue weighted by molar-refractivity contribution is 9.10. The predicted octanol–water partition coefficient (Wildman–Crippen LogP) is 2.41. The molecule has 2 rings (SSSR count). The van der Waals surface area contributed by atoms with Crippen LogP contribution in [0.1, 0.15) is 0 Å². The molecule has 0 aliphatic carbocycles. The smallest absolute Gasteiger partial charge is 0.195 e. The fourth-order valence-electron chi connectivity index (χ4n) is 1.46. The van der Waals surface area contributed by atoms with Crippen LogP contribution in [0.25, 0.3) is 11.4 Å². The monoisotopic (exact) mass is 314 g/mol. The maximum absolute atomic E-state index is 5.18. The van der Waals surface area contributed by atoms with E-state index in [0.717, 1.165) is 15.9 Å². The van der Waals surface area contributed by atoms with Crippen LogP contribution in [0.2, 0.25) is 0 Å². The van der Waals surface area contributed by atoms with E-state index < -0.39 is 0 Å². The van der Waals surface area contributed by atoms with Crippen LogP contribution in [0.15, 0.2) is 22.9 Å². The third-order valence-electron chi connectivity index (χ3n) is 2.24. The molecule has 0 unspecified atom stereocenters. The molecule has 7 heteroatoms. The van der Waals surface area contributed by atoms with Gasteiger partial charge < -0.3 is 4.74 Å². The molecule has 0 saturated heterocycles. The summed E-state index contributed by atoms with van der Waals surface area (Å²) in [6.45, 7) is 1.25. The van der Waals surface area contributed by atoms with Crippen LogP contribution in [-0.4, -0.2) is 33.5 Å². The highest BCUT2D eigenvalue weighted by atomic mass is 79.9. The highest BCUT2D eigenvalue weighted by Crippen LogP contribution is 2.19. The highest BCUT2D eigenvalue weighted by Gasteiger charge is 2.09. The number of pyridine rings is 1. The number of aromatic amines is 1. The van der Waals surface area contributed by atoms with Crippen LogP contribution < -0.4 is 0 Å². The van der Waals surface area contributed by atoms with Gasteiger partial charge in [-0.25, -0.2) is 0 Å². The first-order chi connectivity index (χ1) is 8.22. The first-order valence-corrected chi connectivity index (χ1v) is 6.17. The maximum atomic E-state index is 5.18. The van der Waals surface area contributed by atoms with E-state index in [2.05, 4.69) is 31.1 Å². The van der Waals surface area contributed by atoms with Crippen LogP contribution in [0.5, 0.6) is 0 Å². The molecule has 0 aliphatic rings. The third-order valence-corrected chi connectivity index (χ3v) is 2.99. The number of H-pyrrole nitrogens is 1. The first-order valence-electron chi connectivity index (χ1n) is 4.97. The molecule has 0 atom stereocenters. The molecule has 0 radical (unpaired) electrons. The Morgan fingerprint density at radius 3 is 3.06 bits per heavy atom. The molecule has 0 fully saturated rings. The van der Waals surface area contributed by atoms with E-state index >= 15 is 0 Å². The number of halogens is 1. The van der Waals surface area contributed by atoms with E-state index in [1.54, 1.807) is 19.5 Å². The Hall–Kier alpha value is -1.05. The van der Waals surface area contributed by atoms with Gasteiger partial charge in [-0.15, -0.1) is 0 Å². The Bertz CT molecular complexity index is 565. The Morgan fingerprint density at radius 2 is 2.35 bits per heavy atom. The van der Waals surface area contributed by atoms with Gasteiger partial charge in [0.05, 0.1) is 13.2 Å². The standard InChI is InChI=1S/C10H11BrN4OS/c1-16-3-2-15-9(13-14-10(15)17)7-4-8(11)6-12-5-7/h4-6H,2-3H2,1H3,(H,14,17). The van der Waals surface area contributed by atoms with Gasteiger partial charge in [0.15, 0.2) is 10.6 Å². The summed E-state index contributed by atoms with van der Waals surface area (Å²) in [5.74, 6) is 0.765. The second kappa shape index (κ2) is 5.52. The van der Waals surface area contributed by atoms with Gasteiger partial charge in [-0.3, -0.25) is 14.6 Å². The molecular weight excluding hydrogens is 304 g/mol. The van der Waals surface area contributed by atoms with E-state index in [-0.39, 0.29) is 0 Å². The number of methoxy groups -OCH3 is 1. The largest absolute Gasteiger partial charge is 0.383 e. The van der Waals surface area contributed by atoms with Gasteiger partial charge in [0, 0.05) is 29.5 Å². The van der Waals surface area contributed by atoms with E-state index in [1.165, 1.54) is 0 Å². The molecule has 90 valence electrons. The van der Waals surface area contributed by atoms with Crippen LogP contribution in [0.4, 0.5) is 0 Å². The number of ether oxygens (including phenoxy) is 1. The minimum Gasteiger partial charge on any atom is -0.383 e. The quantitative estimate of drug-likeness (QED) is 0.881. The second-order valence-electron chi connectivity index (χ2n) is 3.39. The van der Waals surface area contributed by atoms with E-state index in [4.69, 9.17) is 17.0 Å². The summed E-state index contributed by atoms with van der Waals surface area (Å²) in [4.78, 5) is 4.11. The number of rotatable bonds is 4. The Kier molecular flexibility index (Phi) is 4.03. The average Bonchev–Trinajstić information content (AvgIpc) is 2.68. The lowest BCUT2D eigenvalue weighted by molar-refractivity contribution is 0.187. The minimum absolute atomic E-state index is 0.581. The van der Waals surface area contributed by atoms with E-state index in [9.17, 15) is 0 Å². The van der Waals surface area contributed by atoms with Crippen molar-refractivity contribution in [1.82, 2.24) is 19.7 Å². The van der Waals surface area contributed by atoms with Crippen molar-refractivity contribution in [2.45, 2.75) is 6.54 Å². The van der Waals surface area contributed by atoms with Gasteiger partial charge >= 0.3 is 0 Å². The molecule has 5 nitrogen and oxygen atoms in total. The Morgan fingerprint density at radius 1 is 1.53 bits per heavy atom. The normalized spacial score (nSPS) is 10.7. The maximum Gasteiger partial charge on any atom is 0.195 e. The average molecular weight is 315 g/mol. The fraction of sp³-hybridized carbons (Fsp3) is 0.300. The molecule has 17 heavy (non-hydrogen) atoms. The first kappa shape index (κ1) is 12.4. The lowest BCUT2D eigenvalue weighted by Gasteiger charge is -2.05. The van der Waals surface area contributed by atoms with Crippen molar-refractivity contribution < 1.29 is 4.74 Å². The number of nitrogens with zero attached hydrogens (tertiary/aromatic N) is 3. The van der Waals surface area contributed by atoms with Crippen molar-refractivity contribution in [2.75, 3.05) is 13.7 Å². The second-order valence-corrected chi connectivity index (χ2v) is 4.69. The number of nitrogens with one attached hydrogen (secondary N) is 1. The van der Waals surface area contributed by atoms with Crippen LogP contribution >= 0.6 is 28.1 Å². The van der Waals surface area contributed by atoms with Crippen molar-refractivity contribution >= 4 is 28.1 Å².